The van der Waals surface area contributed by atoms with Crippen molar-refractivity contribution in [1.82, 2.24) is 5.32 Å². The van der Waals surface area contributed by atoms with Crippen LogP contribution in [0.4, 0.5) is 5.69 Å². The van der Waals surface area contributed by atoms with E-state index in [2.05, 4.69) is 16.3 Å². The number of rotatable bonds is 2. The molecular weight excluding hydrogens is 224 g/mol. The van der Waals surface area contributed by atoms with Crippen LogP contribution in [-0.2, 0) is 0 Å². The Morgan fingerprint density at radius 3 is 2.67 bits per heavy atom. The first kappa shape index (κ1) is 11.7. The molecule has 0 bridgehead atoms. The molecule has 3 nitrogen and oxygen atoms in total. The molecule has 3 heteroatoms. The number of carbonyl (C=O) groups is 1. The van der Waals surface area contributed by atoms with Crippen LogP contribution in [0.15, 0.2) is 24.3 Å². The number of hydrogen-bond acceptors (Lipinski definition) is 3. The Bertz CT molecular complexity index is 455. The molecule has 2 heterocycles. The zero-order valence-corrected chi connectivity index (χ0v) is 10.9. The van der Waals surface area contributed by atoms with Crippen molar-refractivity contribution in [2.75, 3.05) is 31.1 Å². The summed E-state index contributed by atoms with van der Waals surface area (Å²) in [7, 11) is 0. The fourth-order valence-electron chi connectivity index (χ4n) is 3.14. The lowest BCUT2D eigenvalue weighted by Gasteiger charge is -2.53. The molecule has 96 valence electrons. The first-order valence-electron chi connectivity index (χ1n) is 6.75. The van der Waals surface area contributed by atoms with Crippen LogP contribution >= 0.6 is 0 Å². The topological polar surface area (TPSA) is 32.3 Å². The lowest BCUT2D eigenvalue weighted by molar-refractivity contribution is 0.101. The van der Waals surface area contributed by atoms with Crippen molar-refractivity contribution in [2.24, 2.45) is 5.41 Å². The van der Waals surface area contributed by atoms with E-state index in [1.165, 1.54) is 18.5 Å². The highest BCUT2D eigenvalue weighted by atomic mass is 16.1. The molecule has 3 rings (SSSR count). The molecule has 1 spiro atoms. The van der Waals surface area contributed by atoms with Gasteiger partial charge in [0.2, 0.25) is 0 Å². The van der Waals surface area contributed by atoms with E-state index < -0.39 is 0 Å². The Balaban J connectivity index is 1.70. The lowest BCUT2D eigenvalue weighted by Crippen LogP contribution is -2.60. The number of benzene rings is 1. The van der Waals surface area contributed by atoms with Crippen LogP contribution in [0.1, 0.15) is 30.1 Å². The summed E-state index contributed by atoms with van der Waals surface area (Å²) in [6, 6.07) is 8.02. The summed E-state index contributed by atoms with van der Waals surface area (Å²) in [6.07, 6.45) is 2.58. The van der Waals surface area contributed by atoms with Gasteiger partial charge in [0.25, 0.3) is 0 Å². The first-order chi connectivity index (χ1) is 8.69. The van der Waals surface area contributed by atoms with Gasteiger partial charge in [0, 0.05) is 29.8 Å². The molecule has 0 aromatic heterocycles. The van der Waals surface area contributed by atoms with Gasteiger partial charge in [0.05, 0.1) is 0 Å². The highest BCUT2D eigenvalue weighted by molar-refractivity contribution is 5.95. The second-order valence-electron chi connectivity index (χ2n) is 5.71. The molecule has 0 unspecified atom stereocenters. The summed E-state index contributed by atoms with van der Waals surface area (Å²) in [4.78, 5) is 13.8. The molecule has 0 radical (unpaired) electrons. The Hall–Kier alpha value is -1.35. The number of Topliss-reactive ketones (excluding diaryl/α,β-unsaturated/α-hetero) is 1. The predicted octanol–water partition coefficient (Wildman–Crippen LogP) is 2.08. The van der Waals surface area contributed by atoms with E-state index in [4.69, 9.17) is 0 Å². The fraction of sp³-hybridized carbons (Fsp3) is 0.533. The average Bonchev–Trinajstić information content (AvgIpc) is 2.37. The maximum atomic E-state index is 11.4. The van der Waals surface area contributed by atoms with E-state index in [1.807, 2.05) is 18.2 Å². The summed E-state index contributed by atoms with van der Waals surface area (Å²) < 4.78 is 0. The fourth-order valence-corrected chi connectivity index (χ4v) is 3.14. The molecule has 2 aliphatic rings. The molecule has 1 aromatic carbocycles. The van der Waals surface area contributed by atoms with Gasteiger partial charge in [-0.3, -0.25) is 4.79 Å². The Morgan fingerprint density at radius 2 is 2.00 bits per heavy atom. The maximum Gasteiger partial charge on any atom is 0.159 e. The van der Waals surface area contributed by atoms with Crippen molar-refractivity contribution in [3.63, 3.8) is 0 Å². The third-order valence-corrected chi connectivity index (χ3v) is 4.33. The Kier molecular flexibility index (Phi) is 2.86. The minimum absolute atomic E-state index is 0.147. The number of nitrogens with zero attached hydrogens (tertiary/aromatic N) is 1. The first-order valence-corrected chi connectivity index (χ1v) is 6.75. The van der Waals surface area contributed by atoms with Gasteiger partial charge in [-0.15, -0.1) is 0 Å². The van der Waals surface area contributed by atoms with Crippen molar-refractivity contribution in [3.8, 4) is 0 Å². The van der Waals surface area contributed by atoms with Crippen LogP contribution in [0.5, 0.6) is 0 Å². The van der Waals surface area contributed by atoms with Crippen molar-refractivity contribution in [1.29, 1.82) is 0 Å². The van der Waals surface area contributed by atoms with Crippen molar-refractivity contribution < 1.29 is 4.79 Å². The molecule has 2 aliphatic heterocycles. The van der Waals surface area contributed by atoms with Gasteiger partial charge in [0.15, 0.2) is 5.78 Å². The highest BCUT2D eigenvalue weighted by Crippen LogP contribution is 2.41. The van der Waals surface area contributed by atoms with Gasteiger partial charge < -0.3 is 10.2 Å². The second kappa shape index (κ2) is 4.39. The highest BCUT2D eigenvalue weighted by Gasteiger charge is 2.43. The second-order valence-corrected chi connectivity index (χ2v) is 5.71. The minimum atomic E-state index is 0.147. The molecular formula is C15H20N2O. The van der Waals surface area contributed by atoms with Crippen molar-refractivity contribution in [2.45, 2.75) is 19.8 Å². The molecule has 0 amide bonds. The van der Waals surface area contributed by atoms with E-state index in [9.17, 15) is 4.79 Å². The molecule has 1 aromatic rings. The average molecular weight is 244 g/mol. The predicted molar refractivity (Wildman–Crippen MR) is 73.2 cm³/mol. The van der Waals surface area contributed by atoms with E-state index >= 15 is 0 Å². The zero-order valence-electron chi connectivity index (χ0n) is 10.9. The summed E-state index contributed by atoms with van der Waals surface area (Å²) in [6.45, 7) is 6.23. The monoisotopic (exact) mass is 244 g/mol. The number of ketones is 1. The standard InChI is InChI=1S/C15H20N2O/c1-12(18)13-3-2-4-14(9-13)17-10-15(11-17)5-7-16-8-6-15/h2-4,9,16H,5-8,10-11H2,1H3. The number of piperidine rings is 1. The SMILES string of the molecule is CC(=O)c1cccc(N2CC3(CCNCC3)C2)c1. The molecule has 0 saturated carbocycles. The van der Waals surface area contributed by atoms with Gasteiger partial charge in [0.1, 0.15) is 0 Å². The number of hydrogen-bond donors (Lipinski definition) is 1. The normalized spacial score (nSPS) is 21.7. The van der Waals surface area contributed by atoms with Gasteiger partial charge in [-0.25, -0.2) is 0 Å². The van der Waals surface area contributed by atoms with E-state index in [-0.39, 0.29) is 5.78 Å². The molecule has 18 heavy (non-hydrogen) atoms. The number of carbonyl (C=O) groups excluding carboxylic acids is 1. The quantitative estimate of drug-likeness (QED) is 0.808. The number of anilines is 1. The van der Waals surface area contributed by atoms with E-state index in [1.54, 1.807) is 6.92 Å². The smallest absolute Gasteiger partial charge is 0.159 e. The number of nitrogens with one attached hydrogen (secondary N) is 1. The van der Waals surface area contributed by atoms with Gasteiger partial charge >= 0.3 is 0 Å². The van der Waals surface area contributed by atoms with Crippen LogP contribution in [0.25, 0.3) is 0 Å². The lowest BCUT2D eigenvalue weighted by atomic mass is 9.72. The molecule has 0 atom stereocenters. The molecule has 2 fully saturated rings. The van der Waals surface area contributed by atoms with Crippen molar-refractivity contribution >= 4 is 11.5 Å². The van der Waals surface area contributed by atoms with Gasteiger partial charge in [-0.05, 0) is 45.0 Å². The minimum Gasteiger partial charge on any atom is -0.370 e. The van der Waals surface area contributed by atoms with Crippen LogP contribution in [0.3, 0.4) is 0 Å². The zero-order chi connectivity index (χ0) is 12.6. The van der Waals surface area contributed by atoms with Crippen LogP contribution in [0, 0.1) is 5.41 Å². The summed E-state index contributed by atoms with van der Waals surface area (Å²) >= 11 is 0. The van der Waals surface area contributed by atoms with Crippen LogP contribution < -0.4 is 10.2 Å². The molecule has 2 saturated heterocycles. The molecule has 1 N–H and O–H groups in total. The van der Waals surface area contributed by atoms with Crippen LogP contribution in [0.2, 0.25) is 0 Å². The molecule has 0 aliphatic carbocycles. The van der Waals surface area contributed by atoms with E-state index in [0.29, 0.717) is 5.41 Å². The summed E-state index contributed by atoms with van der Waals surface area (Å²) in [5.41, 5.74) is 2.56. The van der Waals surface area contributed by atoms with Crippen LogP contribution in [-0.4, -0.2) is 32.0 Å². The summed E-state index contributed by atoms with van der Waals surface area (Å²) in [5.74, 6) is 0.147. The largest absolute Gasteiger partial charge is 0.370 e. The summed E-state index contributed by atoms with van der Waals surface area (Å²) in [5, 5.41) is 3.42. The van der Waals surface area contributed by atoms with Gasteiger partial charge in [-0.1, -0.05) is 12.1 Å². The third-order valence-electron chi connectivity index (χ3n) is 4.33. The maximum absolute atomic E-state index is 11.4. The van der Waals surface area contributed by atoms with Gasteiger partial charge in [-0.2, -0.15) is 0 Å². The van der Waals surface area contributed by atoms with E-state index in [0.717, 1.165) is 31.7 Å². The van der Waals surface area contributed by atoms with Crippen molar-refractivity contribution in [3.05, 3.63) is 29.8 Å². The Labute approximate surface area is 108 Å². The third kappa shape index (κ3) is 2.03. The Morgan fingerprint density at radius 1 is 1.28 bits per heavy atom.